The van der Waals surface area contributed by atoms with E-state index in [1.807, 2.05) is 0 Å². The van der Waals surface area contributed by atoms with Crippen LogP contribution in [0, 0.1) is 46.3 Å². The quantitative estimate of drug-likeness (QED) is 0.697. The van der Waals surface area contributed by atoms with E-state index in [9.17, 15) is 9.90 Å². The van der Waals surface area contributed by atoms with Crippen molar-refractivity contribution in [2.75, 3.05) is 6.61 Å². The first-order valence-corrected chi connectivity index (χ1v) is 11.3. The number of fused-ring (bicyclic) bond motifs is 5. The Morgan fingerprint density at radius 3 is 2.42 bits per heavy atom. The van der Waals surface area contributed by atoms with E-state index < -0.39 is 0 Å². The number of aliphatic hydroxyl groups is 1. The zero-order valence-electron chi connectivity index (χ0n) is 16.6. The van der Waals surface area contributed by atoms with Gasteiger partial charge in [-0.1, -0.05) is 13.8 Å². The van der Waals surface area contributed by atoms with Gasteiger partial charge in [-0.3, -0.25) is 4.79 Å². The number of rotatable bonds is 1. The summed E-state index contributed by atoms with van der Waals surface area (Å²) in [7, 11) is 0. The largest absolute Gasteiger partial charge is 0.465 e. The first-order valence-electron chi connectivity index (χ1n) is 11.3. The molecule has 0 radical (unpaired) electrons. The van der Waals surface area contributed by atoms with Crippen molar-refractivity contribution in [3.8, 4) is 0 Å². The SMILES string of the molecule is C[C@]12CC[C@H]3[C@@H](CCC4CC(O)CC[C@@]43C)[C@H]1CC[C@@H]2[C@@H]1COC(=O)C1. The van der Waals surface area contributed by atoms with Crippen molar-refractivity contribution < 1.29 is 14.6 Å². The third kappa shape index (κ3) is 2.38. The highest BCUT2D eigenvalue weighted by atomic mass is 16.5. The van der Waals surface area contributed by atoms with Crippen molar-refractivity contribution in [3.05, 3.63) is 0 Å². The van der Waals surface area contributed by atoms with Gasteiger partial charge in [0.25, 0.3) is 0 Å². The minimum atomic E-state index is -0.0470. The van der Waals surface area contributed by atoms with Crippen molar-refractivity contribution in [2.45, 2.75) is 84.2 Å². The standard InChI is InChI=1S/C23H36O3/c1-22-9-7-16(24)12-15(22)3-4-17-19-6-5-18(14-11-21(25)26-13-14)23(19,2)10-8-20(17)22/h14-20,24H,3-13H2,1-2H3/t14-,15?,16?,17-,18+,19+,20-,22-,23+/m0/s1. The van der Waals surface area contributed by atoms with Crippen LogP contribution in [0.15, 0.2) is 0 Å². The van der Waals surface area contributed by atoms with E-state index in [4.69, 9.17) is 4.74 Å². The van der Waals surface area contributed by atoms with Gasteiger partial charge in [0.05, 0.1) is 19.1 Å². The van der Waals surface area contributed by atoms with Crippen LogP contribution in [0.5, 0.6) is 0 Å². The Kier molecular flexibility index (Phi) is 4.02. The van der Waals surface area contributed by atoms with Gasteiger partial charge >= 0.3 is 5.97 Å². The first-order chi connectivity index (χ1) is 12.4. The summed E-state index contributed by atoms with van der Waals surface area (Å²) in [6.45, 7) is 5.81. The summed E-state index contributed by atoms with van der Waals surface area (Å²) < 4.78 is 5.34. The van der Waals surface area contributed by atoms with Crippen LogP contribution in [0.25, 0.3) is 0 Å². The van der Waals surface area contributed by atoms with E-state index in [0.717, 1.165) is 36.5 Å². The van der Waals surface area contributed by atoms with Gasteiger partial charge in [0.15, 0.2) is 0 Å². The van der Waals surface area contributed by atoms with E-state index in [2.05, 4.69) is 13.8 Å². The monoisotopic (exact) mass is 360 g/mol. The molecule has 3 nitrogen and oxygen atoms in total. The molecule has 1 aliphatic heterocycles. The molecule has 0 aromatic heterocycles. The number of hydrogen-bond donors (Lipinski definition) is 1. The molecule has 1 saturated heterocycles. The molecule has 0 amide bonds. The fraction of sp³-hybridized carbons (Fsp3) is 0.957. The summed E-state index contributed by atoms with van der Waals surface area (Å²) in [5, 5.41) is 10.2. The van der Waals surface area contributed by atoms with Gasteiger partial charge in [0.1, 0.15) is 0 Å². The normalized spacial score (nSPS) is 56.4. The maximum absolute atomic E-state index is 11.7. The third-order valence-electron chi connectivity index (χ3n) is 10.2. The molecule has 4 saturated carbocycles. The van der Waals surface area contributed by atoms with Crippen LogP contribution in [-0.4, -0.2) is 23.8 Å². The number of hydrogen-bond acceptors (Lipinski definition) is 3. The van der Waals surface area contributed by atoms with Crippen LogP contribution in [0.2, 0.25) is 0 Å². The lowest BCUT2D eigenvalue weighted by Crippen LogP contribution is -2.54. The highest BCUT2D eigenvalue weighted by molar-refractivity contribution is 5.71. The Hall–Kier alpha value is -0.570. The molecule has 146 valence electrons. The summed E-state index contributed by atoms with van der Waals surface area (Å²) in [6.07, 6.45) is 12.0. The van der Waals surface area contributed by atoms with E-state index in [1.165, 1.54) is 44.9 Å². The van der Waals surface area contributed by atoms with Crippen LogP contribution in [-0.2, 0) is 9.53 Å². The average molecular weight is 361 g/mol. The molecule has 5 fully saturated rings. The average Bonchev–Trinajstić information content (AvgIpc) is 3.18. The molecular weight excluding hydrogens is 324 g/mol. The fourth-order valence-electron chi connectivity index (χ4n) is 8.84. The Labute approximate surface area is 158 Å². The molecule has 5 rings (SSSR count). The minimum Gasteiger partial charge on any atom is -0.465 e. The number of carbonyl (C=O) groups excluding carboxylic acids is 1. The summed E-state index contributed by atoms with van der Waals surface area (Å²) in [6, 6.07) is 0. The highest BCUT2D eigenvalue weighted by Gasteiger charge is 2.61. The molecular formula is C23H36O3. The number of esters is 1. The number of cyclic esters (lactones) is 1. The lowest BCUT2D eigenvalue weighted by Gasteiger charge is -2.61. The first kappa shape index (κ1) is 17.5. The zero-order valence-corrected chi connectivity index (χ0v) is 16.6. The van der Waals surface area contributed by atoms with Crippen molar-refractivity contribution in [1.82, 2.24) is 0 Å². The van der Waals surface area contributed by atoms with Crippen molar-refractivity contribution in [2.24, 2.45) is 46.3 Å². The predicted molar refractivity (Wildman–Crippen MR) is 100 cm³/mol. The molecule has 0 aromatic carbocycles. The third-order valence-corrected chi connectivity index (χ3v) is 10.2. The minimum absolute atomic E-state index is 0.0320. The Morgan fingerprint density at radius 1 is 0.923 bits per heavy atom. The summed E-state index contributed by atoms with van der Waals surface area (Å²) in [5.41, 5.74) is 0.894. The van der Waals surface area contributed by atoms with Crippen LogP contribution in [0.3, 0.4) is 0 Å². The van der Waals surface area contributed by atoms with Crippen LogP contribution < -0.4 is 0 Å². The number of ether oxygens (including phenoxy) is 1. The zero-order chi connectivity index (χ0) is 18.1. The molecule has 0 bridgehead atoms. The van der Waals surface area contributed by atoms with Crippen LogP contribution >= 0.6 is 0 Å². The molecule has 2 unspecified atom stereocenters. The van der Waals surface area contributed by atoms with Crippen LogP contribution in [0.4, 0.5) is 0 Å². The molecule has 0 aromatic rings. The van der Waals surface area contributed by atoms with Gasteiger partial charge in [-0.05, 0) is 98.2 Å². The molecule has 4 aliphatic carbocycles. The Balaban J connectivity index is 1.39. The predicted octanol–water partition coefficient (Wildman–Crippen LogP) is 4.57. The van der Waals surface area contributed by atoms with E-state index in [1.54, 1.807) is 0 Å². The summed E-state index contributed by atoms with van der Waals surface area (Å²) >= 11 is 0. The molecule has 0 spiro atoms. The highest BCUT2D eigenvalue weighted by Crippen LogP contribution is 2.68. The molecule has 5 aliphatic rings. The molecule has 1 heterocycles. The fourth-order valence-corrected chi connectivity index (χ4v) is 8.84. The number of aliphatic hydroxyl groups excluding tert-OH is 1. The van der Waals surface area contributed by atoms with Crippen molar-refractivity contribution >= 4 is 5.97 Å². The Bertz CT molecular complexity index is 588. The van der Waals surface area contributed by atoms with Gasteiger partial charge in [-0.15, -0.1) is 0 Å². The van der Waals surface area contributed by atoms with E-state index in [-0.39, 0.29) is 12.1 Å². The van der Waals surface area contributed by atoms with Crippen molar-refractivity contribution in [1.29, 1.82) is 0 Å². The van der Waals surface area contributed by atoms with Gasteiger partial charge in [-0.2, -0.15) is 0 Å². The maximum atomic E-state index is 11.7. The Morgan fingerprint density at radius 2 is 1.65 bits per heavy atom. The molecule has 3 heteroatoms. The summed E-state index contributed by atoms with van der Waals surface area (Å²) in [5.74, 6) is 4.55. The van der Waals surface area contributed by atoms with E-state index in [0.29, 0.717) is 35.7 Å². The second kappa shape index (κ2) is 5.96. The number of carbonyl (C=O) groups is 1. The van der Waals surface area contributed by atoms with E-state index >= 15 is 0 Å². The van der Waals surface area contributed by atoms with Gasteiger partial charge < -0.3 is 9.84 Å². The topological polar surface area (TPSA) is 46.5 Å². The molecule has 1 N–H and O–H groups in total. The van der Waals surface area contributed by atoms with Crippen LogP contribution in [0.1, 0.15) is 78.1 Å². The van der Waals surface area contributed by atoms with Gasteiger partial charge in [0, 0.05) is 5.92 Å². The maximum Gasteiger partial charge on any atom is 0.306 e. The second-order valence-electron chi connectivity index (χ2n) is 11.0. The molecule has 9 atom stereocenters. The summed E-state index contributed by atoms with van der Waals surface area (Å²) in [4.78, 5) is 11.7. The van der Waals surface area contributed by atoms with Crippen molar-refractivity contribution in [3.63, 3.8) is 0 Å². The lowest BCUT2D eigenvalue weighted by molar-refractivity contribution is -0.137. The lowest BCUT2D eigenvalue weighted by atomic mass is 9.44. The van der Waals surface area contributed by atoms with Gasteiger partial charge in [0.2, 0.25) is 0 Å². The second-order valence-corrected chi connectivity index (χ2v) is 11.0. The molecule has 26 heavy (non-hydrogen) atoms. The van der Waals surface area contributed by atoms with Gasteiger partial charge in [-0.25, -0.2) is 0 Å². The smallest absolute Gasteiger partial charge is 0.306 e.